The Bertz CT molecular complexity index is 339. The van der Waals surface area contributed by atoms with Crippen molar-refractivity contribution in [1.29, 1.82) is 0 Å². The first-order chi connectivity index (χ1) is 7.47. The average Bonchev–Trinajstić information content (AvgIpc) is 2.46. The van der Waals surface area contributed by atoms with Crippen LogP contribution in [0.1, 0.15) is 43.8 Å². The molecule has 1 atom stereocenters. The molecule has 1 aromatic heterocycles. The van der Waals surface area contributed by atoms with E-state index in [0.717, 1.165) is 13.0 Å². The fourth-order valence-electron chi connectivity index (χ4n) is 2.26. The number of hydrogen-bond acceptors (Lipinski definition) is 2. The number of aromatic nitrogens is 2. The summed E-state index contributed by atoms with van der Waals surface area (Å²) < 4.78 is 2.14. The van der Waals surface area contributed by atoms with E-state index in [1.165, 1.54) is 17.0 Å². The van der Waals surface area contributed by atoms with E-state index in [9.17, 15) is 0 Å². The Morgan fingerprint density at radius 2 is 1.88 bits per heavy atom. The van der Waals surface area contributed by atoms with Gasteiger partial charge in [0.15, 0.2) is 0 Å². The molecule has 0 saturated heterocycles. The van der Waals surface area contributed by atoms with Crippen molar-refractivity contribution in [3.05, 3.63) is 17.0 Å². The highest BCUT2D eigenvalue weighted by Gasteiger charge is 2.15. The lowest BCUT2D eigenvalue weighted by atomic mass is 9.99. The lowest BCUT2D eigenvalue weighted by molar-refractivity contribution is 0.511. The predicted octanol–water partition coefficient (Wildman–Crippen LogP) is 2.48. The summed E-state index contributed by atoms with van der Waals surface area (Å²) >= 11 is 0. The number of rotatable bonds is 5. The highest BCUT2D eigenvalue weighted by Crippen LogP contribution is 2.20. The van der Waals surface area contributed by atoms with Gasteiger partial charge in [0.05, 0.1) is 5.69 Å². The Morgan fingerprint density at radius 3 is 2.31 bits per heavy atom. The molecule has 16 heavy (non-hydrogen) atoms. The molecule has 1 N–H and O–H groups in total. The van der Waals surface area contributed by atoms with Gasteiger partial charge in [-0.2, -0.15) is 5.10 Å². The van der Waals surface area contributed by atoms with Gasteiger partial charge in [0.2, 0.25) is 0 Å². The van der Waals surface area contributed by atoms with E-state index in [4.69, 9.17) is 0 Å². The van der Waals surface area contributed by atoms with Gasteiger partial charge in [-0.05, 0) is 59.2 Å². The van der Waals surface area contributed by atoms with Gasteiger partial charge >= 0.3 is 0 Å². The SMILES string of the molecule is CNCC(C)Cc1c(C)nn(C(C)C)c1C. The molecule has 1 unspecified atom stereocenters. The van der Waals surface area contributed by atoms with Gasteiger partial charge in [-0.25, -0.2) is 0 Å². The molecule has 1 rings (SSSR count). The normalized spacial score (nSPS) is 13.4. The molecule has 1 aromatic rings. The van der Waals surface area contributed by atoms with E-state index < -0.39 is 0 Å². The molecule has 0 spiro atoms. The molecule has 1 heterocycles. The molecular weight excluding hydrogens is 198 g/mol. The first-order valence-corrected chi connectivity index (χ1v) is 6.16. The van der Waals surface area contributed by atoms with E-state index in [1.807, 2.05) is 7.05 Å². The standard InChI is InChI=1S/C13H25N3/c1-9(2)16-12(5)13(11(4)15-16)7-10(3)8-14-6/h9-10,14H,7-8H2,1-6H3. The fourth-order valence-corrected chi connectivity index (χ4v) is 2.26. The van der Waals surface area contributed by atoms with Crippen LogP contribution in [0.2, 0.25) is 0 Å². The molecule has 0 radical (unpaired) electrons. The minimum atomic E-state index is 0.451. The second kappa shape index (κ2) is 5.48. The first kappa shape index (κ1) is 13.2. The van der Waals surface area contributed by atoms with Gasteiger partial charge in [-0.15, -0.1) is 0 Å². The summed E-state index contributed by atoms with van der Waals surface area (Å²) in [6, 6.07) is 0.451. The van der Waals surface area contributed by atoms with Crippen molar-refractivity contribution >= 4 is 0 Å². The van der Waals surface area contributed by atoms with Crippen molar-refractivity contribution < 1.29 is 0 Å². The molecule has 0 aliphatic carbocycles. The van der Waals surface area contributed by atoms with Crippen LogP contribution in [0.3, 0.4) is 0 Å². The van der Waals surface area contributed by atoms with Crippen molar-refractivity contribution in [3.63, 3.8) is 0 Å². The maximum Gasteiger partial charge on any atom is 0.0628 e. The molecule has 0 saturated carbocycles. The van der Waals surface area contributed by atoms with Crippen molar-refractivity contribution in [2.75, 3.05) is 13.6 Å². The lowest BCUT2D eigenvalue weighted by Gasteiger charge is -2.12. The van der Waals surface area contributed by atoms with Crippen molar-refractivity contribution in [2.45, 2.75) is 47.1 Å². The summed E-state index contributed by atoms with van der Waals surface area (Å²) in [6.07, 6.45) is 1.12. The number of nitrogens with one attached hydrogen (secondary N) is 1. The summed E-state index contributed by atoms with van der Waals surface area (Å²) in [5, 5.41) is 7.85. The zero-order valence-corrected chi connectivity index (χ0v) is 11.5. The number of nitrogens with zero attached hydrogens (tertiary/aromatic N) is 2. The molecule has 0 aliphatic rings. The topological polar surface area (TPSA) is 29.9 Å². The largest absolute Gasteiger partial charge is 0.319 e. The smallest absolute Gasteiger partial charge is 0.0628 e. The van der Waals surface area contributed by atoms with E-state index in [2.05, 4.69) is 49.7 Å². The molecule has 0 aliphatic heterocycles. The highest BCUT2D eigenvalue weighted by molar-refractivity contribution is 5.25. The van der Waals surface area contributed by atoms with Gasteiger partial charge in [-0.3, -0.25) is 4.68 Å². The van der Waals surface area contributed by atoms with Crippen LogP contribution in [0.25, 0.3) is 0 Å². The van der Waals surface area contributed by atoms with E-state index in [-0.39, 0.29) is 0 Å². The second-order valence-electron chi connectivity index (χ2n) is 5.05. The fraction of sp³-hybridized carbons (Fsp3) is 0.769. The van der Waals surface area contributed by atoms with Gasteiger partial charge in [0.1, 0.15) is 0 Å². The number of aryl methyl sites for hydroxylation is 1. The second-order valence-corrected chi connectivity index (χ2v) is 5.05. The van der Waals surface area contributed by atoms with Gasteiger partial charge in [-0.1, -0.05) is 6.92 Å². The Balaban J connectivity index is 2.88. The van der Waals surface area contributed by atoms with E-state index in [1.54, 1.807) is 0 Å². The van der Waals surface area contributed by atoms with E-state index >= 15 is 0 Å². The molecular formula is C13H25N3. The van der Waals surface area contributed by atoms with Crippen LogP contribution in [-0.4, -0.2) is 23.4 Å². The quantitative estimate of drug-likeness (QED) is 0.831. The molecule has 0 bridgehead atoms. The van der Waals surface area contributed by atoms with Crippen molar-refractivity contribution in [3.8, 4) is 0 Å². The minimum Gasteiger partial charge on any atom is -0.319 e. The van der Waals surface area contributed by atoms with Crippen molar-refractivity contribution in [1.82, 2.24) is 15.1 Å². The third-order valence-electron chi connectivity index (χ3n) is 3.07. The number of hydrogen-bond donors (Lipinski definition) is 1. The van der Waals surface area contributed by atoms with Crippen LogP contribution in [0, 0.1) is 19.8 Å². The summed E-state index contributed by atoms with van der Waals surface area (Å²) in [5.74, 6) is 0.659. The Kier molecular flexibility index (Phi) is 4.54. The molecule has 0 fully saturated rings. The maximum absolute atomic E-state index is 4.62. The predicted molar refractivity (Wildman–Crippen MR) is 68.9 cm³/mol. The first-order valence-electron chi connectivity index (χ1n) is 6.16. The average molecular weight is 223 g/mol. The van der Waals surface area contributed by atoms with Crippen molar-refractivity contribution in [2.24, 2.45) is 5.92 Å². The van der Waals surface area contributed by atoms with Gasteiger partial charge in [0, 0.05) is 11.7 Å². The van der Waals surface area contributed by atoms with Gasteiger partial charge in [0.25, 0.3) is 0 Å². The van der Waals surface area contributed by atoms with E-state index in [0.29, 0.717) is 12.0 Å². The summed E-state index contributed by atoms with van der Waals surface area (Å²) in [7, 11) is 2.01. The molecule has 0 aromatic carbocycles. The maximum atomic E-state index is 4.62. The molecule has 3 heteroatoms. The third-order valence-corrected chi connectivity index (χ3v) is 3.07. The summed E-state index contributed by atoms with van der Waals surface area (Å²) in [4.78, 5) is 0. The third kappa shape index (κ3) is 2.85. The summed E-state index contributed by atoms with van der Waals surface area (Å²) in [5.41, 5.74) is 3.95. The van der Waals surface area contributed by atoms with Gasteiger partial charge < -0.3 is 5.32 Å². The monoisotopic (exact) mass is 223 g/mol. The zero-order chi connectivity index (χ0) is 12.3. The lowest BCUT2D eigenvalue weighted by Crippen LogP contribution is -2.18. The Labute approximate surface area is 99.2 Å². The molecule has 92 valence electrons. The Morgan fingerprint density at radius 1 is 1.25 bits per heavy atom. The highest BCUT2D eigenvalue weighted by atomic mass is 15.3. The van der Waals surface area contributed by atoms with Crippen LogP contribution in [0.4, 0.5) is 0 Å². The minimum absolute atomic E-state index is 0.451. The van der Waals surface area contributed by atoms with Crippen LogP contribution < -0.4 is 5.32 Å². The van der Waals surface area contributed by atoms with Crippen LogP contribution >= 0.6 is 0 Å². The zero-order valence-electron chi connectivity index (χ0n) is 11.5. The van der Waals surface area contributed by atoms with Crippen LogP contribution in [0.15, 0.2) is 0 Å². The molecule has 0 amide bonds. The summed E-state index contributed by atoms with van der Waals surface area (Å²) in [6.45, 7) is 12.0. The van der Waals surface area contributed by atoms with Crippen LogP contribution in [-0.2, 0) is 6.42 Å². The molecule has 3 nitrogen and oxygen atoms in total. The van der Waals surface area contributed by atoms with Crippen LogP contribution in [0.5, 0.6) is 0 Å². The Hall–Kier alpha value is -0.830.